The second-order valence-corrected chi connectivity index (χ2v) is 8.86. The van der Waals surface area contributed by atoms with E-state index in [-0.39, 0.29) is 12.0 Å². The van der Waals surface area contributed by atoms with Gasteiger partial charge in [-0.15, -0.1) is 0 Å². The SMILES string of the molecule is CC1(CO)CCc2c(C#N)cc(-c3ccnc(Nc4cc(Cl)cc5c4CCN5)n3)cc21. The molecule has 0 bridgehead atoms. The third-order valence-corrected chi connectivity index (χ3v) is 6.62. The summed E-state index contributed by atoms with van der Waals surface area (Å²) in [4.78, 5) is 9.09. The minimum absolute atomic E-state index is 0.0544. The van der Waals surface area contributed by atoms with E-state index in [0.717, 1.165) is 59.6 Å². The molecule has 0 amide bonds. The Labute approximate surface area is 185 Å². The van der Waals surface area contributed by atoms with E-state index in [0.29, 0.717) is 16.5 Å². The highest BCUT2D eigenvalue weighted by Gasteiger charge is 2.35. The maximum absolute atomic E-state index is 9.97. The zero-order valence-electron chi connectivity index (χ0n) is 17.2. The summed E-state index contributed by atoms with van der Waals surface area (Å²) in [6.07, 6.45) is 4.25. The number of nitrogens with one attached hydrogen (secondary N) is 2. The van der Waals surface area contributed by atoms with E-state index in [4.69, 9.17) is 16.6 Å². The summed E-state index contributed by atoms with van der Waals surface area (Å²) in [7, 11) is 0. The van der Waals surface area contributed by atoms with Gasteiger partial charge in [0.25, 0.3) is 0 Å². The zero-order chi connectivity index (χ0) is 21.6. The molecule has 0 spiro atoms. The molecule has 31 heavy (non-hydrogen) atoms. The highest BCUT2D eigenvalue weighted by Crippen LogP contribution is 2.42. The molecule has 0 fully saturated rings. The summed E-state index contributed by atoms with van der Waals surface area (Å²) < 4.78 is 0. The molecular weight excluding hydrogens is 410 g/mol. The molecule has 0 radical (unpaired) electrons. The van der Waals surface area contributed by atoms with Crippen molar-refractivity contribution in [3.63, 3.8) is 0 Å². The predicted molar refractivity (Wildman–Crippen MR) is 122 cm³/mol. The molecule has 1 aliphatic heterocycles. The van der Waals surface area contributed by atoms with Crippen molar-refractivity contribution in [2.75, 3.05) is 23.8 Å². The third kappa shape index (κ3) is 3.40. The van der Waals surface area contributed by atoms with Crippen LogP contribution < -0.4 is 10.6 Å². The van der Waals surface area contributed by atoms with Gasteiger partial charge in [-0.1, -0.05) is 18.5 Å². The first-order chi connectivity index (χ1) is 15.0. The number of nitrogens with zero attached hydrogens (tertiary/aromatic N) is 3. The van der Waals surface area contributed by atoms with Crippen molar-refractivity contribution in [2.45, 2.75) is 31.6 Å². The van der Waals surface area contributed by atoms with Crippen LogP contribution in [0.4, 0.5) is 17.3 Å². The van der Waals surface area contributed by atoms with Crippen LogP contribution in [0, 0.1) is 11.3 Å². The molecule has 2 aromatic carbocycles. The Morgan fingerprint density at radius 3 is 2.94 bits per heavy atom. The Kier molecular flexibility index (Phi) is 4.81. The number of aliphatic hydroxyl groups is 1. The molecule has 5 rings (SSSR count). The Morgan fingerprint density at radius 2 is 2.13 bits per heavy atom. The number of benzene rings is 2. The Hall–Kier alpha value is -3.14. The van der Waals surface area contributed by atoms with Gasteiger partial charge in [-0.25, -0.2) is 9.97 Å². The summed E-state index contributed by atoms with van der Waals surface area (Å²) in [6.45, 7) is 2.98. The fourth-order valence-electron chi connectivity index (χ4n) is 4.62. The average Bonchev–Trinajstić information content (AvgIpc) is 3.38. The lowest BCUT2D eigenvalue weighted by Gasteiger charge is -2.23. The van der Waals surface area contributed by atoms with Gasteiger partial charge in [0.2, 0.25) is 5.95 Å². The van der Waals surface area contributed by atoms with Gasteiger partial charge in [-0.2, -0.15) is 5.26 Å². The third-order valence-electron chi connectivity index (χ3n) is 6.40. The van der Waals surface area contributed by atoms with Crippen molar-refractivity contribution in [3.8, 4) is 17.3 Å². The van der Waals surface area contributed by atoms with Crippen molar-refractivity contribution in [1.82, 2.24) is 9.97 Å². The van der Waals surface area contributed by atoms with Gasteiger partial charge in [0.05, 0.1) is 23.9 Å². The van der Waals surface area contributed by atoms with E-state index in [2.05, 4.69) is 27.8 Å². The molecule has 1 aromatic heterocycles. The molecular formula is C24H22ClN5O. The maximum atomic E-state index is 9.97. The number of anilines is 3. The standard InChI is InChI=1S/C24H22ClN5O/c1-24(13-31)5-2-17-15(12-26)8-14(9-19(17)24)20-4-7-28-23(29-20)30-22-11-16(25)10-21-18(22)3-6-27-21/h4,7-11,27,31H,2-3,5-6,13H2,1H3,(H,28,29,30). The first-order valence-corrected chi connectivity index (χ1v) is 10.7. The van der Waals surface area contributed by atoms with Gasteiger partial charge < -0.3 is 15.7 Å². The first kappa shape index (κ1) is 19.8. The highest BCUT2D eigenvalue weighted by atomic mass is 35.5. The monoisotopic (exact) mass is 431 g/mol. The number of fused-ring (bicyclic) bond motifs is 2. The van der Waals surface area contributed by atoms with E-state index >= 15 is 0 Å². The number of halogens is 1. The molecule has 156 valence electrons. The first-order valence-electron chi connectivity index (χ1n) is 10.4. The van der Waals surface area contributed by atoms with Crippen LogP contribution in [0.2, 0.25) is 5.02 Å². The average molecular weight is 432 g/mol. The highest BCUT2D eigenvalue weighted by molar-refractivity contribution is 6.31. The van der Waals surface area contributed by atoms with Gasteiger partial charge >= 0.3 is 0 Å². The van der Waals surface area contributed by atoms with Crippen LogP contribution in [0.1, 0.15) is 35.6 Å². The van der Waals surface area contributed by atoms with Crippen LogP contribution in [-0.4, -0.2) is 28.2 Å². The molecule has 2 heterocycles. The van der Waals surface area contributed by atoms with Crippen LogP contribution in [0.3, 0.4) is 0 Å². The second kappa shape index (κ2) is 7.52. The zero-order valence-corrected chi connectivity index (χ0v) is 17.9. The van der Waals surface area contributed by atoms with Crippen molar-refractivity contribution in [3.05, 3.63) is 63.8 Å². The second-order valence-electron chi connectivity index (χ2n) is 8.43. The summed E-state index contributed by atoms with van der Waals surface area (Å²) in [5.74, 6) is 0.470. The fraction of sp³-hybridized carbons (Fsp3) is 0.292. The summed E-state index contributed by atoms with van der Waals surface area (Å²) in [5, 5.41) is 27.0. The lowest BCUT2D eigenvalue weighted by atomic mass is 9.83. The van der Waals surface area contributed by atoms with Gasteiger partial charge in [0.1, 0.15) is 0 Å². The number of aromatic nitrogens is 2. The molecule has 3 N–H and O–H groups in total. The van der Waals surface area contributed by atoms with Crippen molar-refractivity contribution in [2.24, 2.45) is 0 Å². The maximum Gasteiger partial charge on any atom is 0.227 e. The largest absolute Gasteiger partial charge is 0.395 e. The molecule has 1 aliphatic carbocycles. The number of hydrogen-bond acceptors (Lipinski definition) is 6. The molecule has 2 aliphatic rings. The predicted octanol–water partition coefficient (Wildman–Crippen LogP) is 4.58. The van der Waals surface area contributed by atoms with Gasteiger partial charge in [0.15, 0.2) is 0 Å². The molecule has 0 saturated heterocycles. The van der Waals surface area contributed by atoms with E-state index in [9.17, 15) is 10.4 Å². The molecule has 1 atom stereocenters. The normalized spacial score (nSPS) is 18.8. The summed E-state index contributed by atoms with van der Waals surface area (Å²) in [6, 6.07) is 11.9. The van der Waals surface area contributed by atoms with Crippen LogP contribution in [0.25, 0.3) is 11.3 Å². The molecule has 7 heteroatoms. The van der Waals surface area contributed by atoms with Gasteiger partial charge in [-0.05, 0) is 60.7 Å². The molecule has 6 nitrogen and oxygen atoms in total. The van der Waals surface area contributed by atoms with Crippen molar-refractivity contribution < 1.29 is 5.11 Å². The number of aliphatic hydroxyl groups excluding tert-OH is 1. The van der Waals surface area contributed by atoms with Crippen LogP contribution in [0.15, 0.2) is 36.5 Å². The summed E-state index contributed by atoms with van der Waals surface area (Å²) in [5.41, 5.74) is 7.06. The molecule has 1 unspecified atom stereocenters. The number of rotatable bonds is 4. The lowest BCUT2D eigenvalue weighted by molar-refractivity contribution is 0.206. The molecule has 3 aromatic rings. The van der Waals surface area contributed by atoms with Crippen LogP contribution >= 0.6 is 11.6 Å². The summed E-state index contributed by atoms with van der Waals surface area (Å²) >= 11 is 6.28. The van der Waals surface area contributed by atoms with E-state index in [1.54, 1.807) is 6.20 Å². The Bertz CT molecular complexity index is 1240. The van der Waals surface area contributed by atoms with E-state index in [1.165, 1.54) is 5.56 Å². The number of nitriles is 1. The van der Waals surface area contributed by atoms with Gasteiger partial charge in [-0.3, -0.25) is 0 Å². The smallest absolute Gasteiger partial charge is 0.227 e. The van der Waals surface area contributed by atoms with Crippen molar-refractivity contribution in [1.29, 1.82) is 5.26 Å². The Morgan fingerprint density at radius 1 is 1.26 bits per heavy atom. The molecule has 0 saturated carbocycles. The number of hydrogen-bond donors (Lipinski definition) is 3. The minimum atomic E-state index is -0.334. The van der Waals surface area contributed by atoms with Gasteiger partial charge in [0, 0.05) is 45.7 Å². The lowest BCUT2D eigenvalue weighted by Crippen LogP contribution is -2.23. The van der Waals surface area contributed by atoms with E-state index < -0.39 is 0 Å². The van der Waals surface area contributed by atoms with Crippen LogP contribution in [0.5, 0.6) is 0 Å². The Balaban J connectivity index is 1.54. The van der Waals surface area contributed by atoms with Crippen molar-refractivity contribution >= 4 is 28.9 Å². The van der Waals surface area contributed by atoms with Crippen LogP contribution in [-0.2, 0) is 18.3 Å². The fourth-order valence-corrected chi connectivity index (χ4v) is 4.84. The van der Waals surface area contributed by atoms with E-state index in [1.807, 2.05) is 31.2 Å². The topological polar surface area (TPSA) is 93.9 Å². The minimum Gasteiger partial charge on any atom is -0.395 e. The quantitative estimate of drug-likeness (QED) is 0.560.